The van der Waals surface area contributed by atoms with Gasteiger partial charge in [-0.25, -0.2) is 13.2 Å². The van der Waals surface area contributed by atoms with Gasteiger partial charge in [-0.2, -0.15) is 0 Å². The predicted octanol–water partition coefficient (Wildman–Crippen LogP) is 1.52. The fourth-order valence-electron chi connectivity index (χ4n) is 1.49. The first-order valence-electron chi connectivity index (χ1n) is 4.99. The molecule has 1 aromatic rings. The molecule has 0 saturated carbocycles. The smallest absolute Gasteiger partial charge is 0.338 e. The third-order valence-corrected chi connectivity index (χ3v) is 3.54. The molecule has 1 heterocycles. The van der Waals surface area contributed by atoms with Gasteiger partial charge in [0, 0.05) is 10.7 Å². The van der Waals surface area contributed by atoms with E-state index in [4.69, 9.17) is 24.9 Å². The Morgan fingerprint density at radius 1 is 1.44 bits per heavy atom. The molecule has 98 valence electrons. The van der Waals surface area contributed by atoms with Crippen molar-refractivity contribution in [2.75, 3.05) is 13.4 Å². The van der Waals surface area contributed by atoms with Crippen molar-refractivity contribution < 1.29 is 27.4 Å². The van der Waals surface area contributed by atoms with E-state index in [9.17, 15) is 13.2 Å². The number of carbonyl (C=O) groups is 1. The zero-order chi connectivity index (χ0) is 13.3. The summed E-state index contributed by atoms with van der Waals surface area (Å²) in [5.41, 5.74) is 0.0420. The van der Waals surface area contributed by atoms with E-state index in [1.165, 1.54) is 6.07 Å². The number of benzene rings is 1. The molecule has 0 bridgehead atoms. The van der Waals surface area contributed by atoms with Crippen molar-refractivity contribution in [1.82, 2.24) is 0 Å². The van der Waals surface area contributed by atoms with Crippen LogP contribution < -0.4 is 9.47 Å². The summed E-state index contributed by atoms with van der Waals surface area (Å²) in [6, 6.07) is 2.46. The van der Waals surface area contributed by atoms with Crippen LogP contribution in [0.2, 0.25) is 0 Å². The summed E-state index contributed by atoms with van der Waals surface area (Å²) >= 11 is 0. The lowest BCUT2D eigenvalue weighted by Crippen LogP contribution is -2.06. The fraction of sp³-hybridized carbons (Fsp3) is 0.300. The zero-order valence-electron chi connectivity index (χ0n) is 9.30. The second-order valence-electron chi connectivity index (χ2n) is 3.37. The molecule has 1 aromatic carbocycles. The highest BCUT2D eigenvalue weighted by Crippen LogP contribution is 2.40. The first-order chi connectivity index (χ1) is 8.43. The van der Waals surface area contributed by atoms with Gasteiger partial charge in [0.05, 0.1) is 12.2 Å². The SMILES string of the molecule is CCOC(=O)c1cc2c(c(S(=O)(=O)Cl)c1)OCO2. The largest absolute Gasteiger partial charge is 0.462 e. The Hall–Kier alpha value is -1.47. The van der Waals surface area contributed by atoms with Crippen LogP contribution in [0.5, 0.6) is 11.5 Å². The van der Waals surface area contributed by atoms with Gasteiger partial charge in [0.25, 0.3) is 9.05 Å². The summed E-state index contributed by atoms with van der Waals surface area (Å²) in [7, 11) is 1.24. The third kappa shape index (κ3) is 2.37. The van der Waals surface area contributed by atoms with Crippen molar-refractivity contribution in [1.29, 1.82) is 0 Å². The maximum atomic E-state index is 11.6. The first kappa shape index (κ1) is 13.0. The van der Waals surface area contributed by atoms with Crippen LogP contribution in [0.4, 0.5) is 0 Å². The molecule has 6 nitrogen and oxygen atoms in total. The number of fused-ring (bicyclic) bond motifs is 1. The summed E-state index contributed by atoms with van der Waals surface area (Å²) in [6.07, 6.45) is 0. The summed E-state index contributed by atoms with van der Waals surface area (Å²) in [4.78, 5) is 11.3. The van der Waals surface area contributed by atoms with Gasteiger partial charge < -0.3 is 14.2 Å². The predicted molar refractivity (Wildman–Crippen MR) is 61.6 cm³/mol. The van der Waals surface area contributed by atoms with Crippen molar-refractivity contribution in [3.63, 3.8) is 0 Å². The molecule has 0 saturated heterocycles. The van der Waals surface area contributed by atoms with Gasteiger partial charge in [0.2, 0.25) is 6.79 Å². The standard InChI is InChI=1S/C10H9ClO6S/c1-2-15-10(12)6-3-7-9(17-5-16-7)8(4-6)18(11,13)14/h3-4H,2,5H2,1H3. The Labute approximate surface area is 108 Å². The highest BCUT2D eigenvalue weighted by Gasteiger charge is 2.28. The molecule has 0 spiro atoms. The molecule has 0 amide bonds. The molecule has 0 N–H and O–H groups in total. The first-order valence-corrected chi connectivity index (χ1v) is 7.30. The minimum atomic E-state index is -4.04. The fourth-order valence-corrected chi connectivity index (χ4v) is 2.48. The Morgan fingerprint density at radius 3 is 2.78 bits per heavy atom. The van der Waals surface area contributed by atoms with E-state index in [0.29, 0.717) is 0 Å². The van der Waals surface area contributed by atoms with Crippen molar-refractivity contribution in [3.05, 3.63) is 17.7 Å². The second-order valence-corrected chi connectivity index (χ2v) is 5.90. The van der Waals surface area contributed by atoms with Gasteiger partial charge in [0.15, 0.2) is 11.5 Å². The molecule has 1 aliphatic heterocycles. The normalized spacial score (nSPS) is 13.4. The van der Waals surface area contributed by atoms with Crippen LogP contribution in [-0.4, -0.2) is 27.8 Å². The molecule has 1 aliphatic rings. The van der Waals surface area contributed by atoms with Crippen molar-refractivity contribution >= 4 is 25.7 Å². The van der Waals surface area contributed by atoms with E-state index in [0.717, 1.165) is 6.07 Å². The lowest BCUT2D eigenvalue weighted by atomic mass is 10.2. The summed E-state index contributed by atoms with van der Waals surface area (Å²) in [5.74, 6) is -0.491. The van der Waals surface area contributed by atoms with Crippen LogP contribution in [0.15, 0.2) is 17.0 Å². The van der Waals surface area contributed by atoms with Gasteiger partial charge in [0.1, 0.15) is 4.90 Å². The Balaban J connectivity index is 2.56. The molecule has 0 radical (unpaired) electrons. The minimum Gasteiger partial charge on any atom is -0.462 e. The van der Waals surface area contributed by atoms with Crippen LogP contribution in [0, 0.1) is 0 Å². The minimum absolute atomic E-state index is 0.0121. The van der Waals surface area contributed by atoms with E-state index >= 15 is 0 Å². The topological polar surface area (TPSA) is 78.9 Å². The number of carbonyl (C=O) groups excluding carboxylic acids is 1. The van der Waals surface area contributed by atoms with E-state index < -0.39 is 15.0 Å². The van der Waals surface area contributed by atoms with Crippen molar-refractivity contribution in [3.8, 4) is 11.5 Å². The van der Waals surface area contributed by atoms with Gasteiger partial charge in [-0.05, 0) is 19.1 Å². The van der Waals surface area contributed by atoms with Crippen molar-refractivity contribution in [2.24, 2.45) is 0 Å². The highest BCUT2D eigenvalue weighted by atomic mass is 35.7. The molecule has 0 aliphatic carbocycles. The average Bonchev–Trinajstić information content (AvgIpc) is 2.74. The molecule has 18 heavy (non-hydrogen) atoms. The summed E-state index contributed by atoms with van der Waals surface area (Å²) in [6.45, 7) is 1.70. The molecular formula is C10H9ClO6S. The lowest BCUT2D eigenvalue weighted by molar-refractivity contribution is 0.0525. The van der Waals surface area contributed by atoms with E-state index in [1.807, 2.05) is 0 Å². The lowest BCUT2D eigenvalue weighted by Gasteiger charge is -2.06. The highest BCUT2D eigenvalue weighted by molar-refractivity contribution is 8.13. The van der Waals surface area contributed by atoms with Crippen LogP contribution in [0.1, 0.15) is 17.3 Å². The van der Waals surface area contributed by atoms with E-state index in [2.05, 4.69) is 0 Å². The Kier molecular flexibility index (Phi) is 3.36. The third-order valence-electron chi connectivity index (χ3n) is 2.21. The van der Waals surface area contributed by atoms with Gasteiger partial charge in [-0.3, -0.25) is 0 Å². The van der Waals surface area contributed by atoms with Crippen LogP contribution in [-0.2, 0) is 13.8 Å². The summed E-state index contributed by atoms with van der Waals surface area (Å²) in [5, 5.41) is 0. The average molecular weight is 293 g/mol. The van der Waals surface area contributed by atoms with Crippen LogP contribution in [0.25, 0.3) is 0 Å². The monoisotopic (exact) mass is 292 g/mol. The molecule has 0 fully saturated rings. The van der Waals surface area contributed by atoms with E-state index in [-0.39, 0.29) is 35.4 Å². The Morgan fingerprint density at radius 2 is 2.17 bits per heavy atom. The molecule has 0 aromatic heterocycles. The quantitative estimate of drug-likeness (QED) is 0.621. The summed E-state index contributed by atoms with van der Waals surface area (Å²) < 4.78 is 37.7. The van der Waals surface area contributed by atoms with E-state index in [1.54, 1.807) is 6.92 Å². The number of hydrogen-bond acceptors (Lipinski definition) is 6. The molecule has 8 heteroatoms. The maximum absolute atomic E-state index is 11.6. The van der Waals surface area contributed by atoms with Gasteiger partial charge in [-0.1, -0.05) is 0 Å². The molecule has 0 unspecified atom stereocenters. The molecule has 0 atom stereocenters. The number of hydrogen-bond donors (Lipinski definition) is 0. The van der Waals surface area contributed by atoms with Crippen LogP contribution in [0.3, 0.4) is 0 Å². The zero-order valence-corrected chi connectivity index (χ0v) is 10.9. The van der Waals surface area contributed by atoms with Gasteiger partial charge >= 0.3 is 5.97 Å². The van der Waals surface area contributed by atoms with Gasteiger partial charge in [-0.15, -0.1) is 0 Å². The van der Waals surface area contributed by atoms with Crippen molar-refractivity contribution in [2.45, 2.75) is 11.8 Å². The maximum Gasteiger partial charge on any atom is 0.338 e. The van der Waals surface area contributed by atoms with Crippen LogP contribution >= 0.6 is 10.7 Å². The Bertz CT molecular complexity index is 595. The number of halogens is 1. The molecule has 2 rings (SSSR count). The number of ether oxygens (including phenoxy) is 3. The molecular weight excluding hydrogens is 284 g/mol. The second kappa shape index (κ2) is 4.66. The number of rotatable bonds is 3. The number of esters is 1.